The van der Waals surface area contributed by atoms with Crippen LogP contribution in [0.1, 0.15) is 10.5 Å². The monoisotopic (exact) mass is 345 g/mol. The third kappa shape index (κ3) is 2.73. The normalized spacial score (nSPS) is 10.6. The maximum atomic E-state index is 12.1. The van der Waals surface area contributed by atoms with Crippen LogP contribution < -0.4 is 5.32 Å². The summed E-state index contributed by atoms with van der Waals surface area (Å²) in [7, 11) is 1.72. The van der Waals surface area contributed by atoms with Gasteiger partial charge >= 0.3 is 0 Å². The van der Waals surface area contributed by atoms with Crippen LogP contribution in [-0.2, 0) is 7.05 Å². The molecule has 3 rings (SSSR count). The molecule has 1 aromatic carbocycles. The zero-order chi connectivity index (χ0) is 14.8. The number of hydrogen-bond acceptors (Lipinski definition) is 3. The molecule has 0 radical (unpaired) electrons. The number of nitrogens with zero attached hydrogens (tertiary/aromatic N) is 4. The van der Waals surface area contributed by atoms with Crippen molar-refractivity contribution in [1.82, 2.24) is 19.6 Å². The van der Waals surface area contributed by atoms with E-state index in [-0.39, 0.29) is 5.91 Å². The summed E-state index contributed by atoms with van der Waals surface area (Å²) in [6.45, 7) is 0. The molecule has 0 fully saturated rings. The second-order valence-corrected chi connectivity index (χ2v) is 5.27. The lowest BCUT2D eigenvalue weighted by Crippen LogP contribution is -2.15. The smallest absolute Gasteiger partial charge is 0.274 e. The minimum atomic E-state index is -0.221. The number of halogens is 1. The summed E-state index contributed by atoms with van der Waals surface area (Å²) in [5.74, 6) is -0.221. The van der Waals surface area contributed by atoms with Crippen molar-refractivity contribution in [2.75, 3.05) is 5.32 Å². The van der Waals surface area contributed by atoms with Gasteiger partial charge in [0.25, 0.3) is 5.91 Å². The number of aryl methyl sites for hydroxylation is 1. The first-order chi connectivity index (χ1) is 10.1. The van der Waals surface area contributed by atoms with Crippen LogP contribution in [0.25, 0.3) is 5.69 Å². The number of benzene rings is 1. The predicted molar refractivity (Wildman–Crippen MR) is 82.4 cm³/mol. The lowest BCUT2D eigenvalue weighted by atomic mass is 10.3. The van der Waals surface area contributed by atoms with Gasteiger partial charge in [-0.1, -0.05) is 12.1 Å². The number of anilines is 1. The van der Waals surface area contributed by atoms with Gasteiger partial charge in [-0.15, -0.1) is 0 Å². The summed E-state index contributed by atoms with van der Waals surface area (Å²) in [6.07, 6.45) is 4.95. The van der Waals surface area contributed by atoms with Crippen molar-refractivity contribution in [3.63, 3.8) is 0 Å². The van der Waals surface area contributed by atoms with Crippen LogP contribution in [0.5, 0.6) is 0 Å². The van der Waals surface area contributed by atoms with Gasteiger partial charge in [0, 0.05) is 17.7 Å². The Balaban J connectivity index is 1.82. The Morgan fingerprint density at radius 2 is 2.05 bits per heavy atom. The molecule has 0 unspecified atom stereocenters. The van der Waals surface area contributed by atoms with Gasteiger partial charge < -0.3 is 5.32 Å². The van der Waals surface area contributed by atoms with Crippen molar-refractivity contribution >= 4 is 27.5 Å². The lowest BCUT2D eigenvalue weighted by molar-refractivity contribution is 0.101. The molecule has 1 N–H and O–H groups in total. The zero-order valence-electron chi connectivity index (χ0n) is 11.2. The van der Waals surface area contributed by atoms with Crippen molar-refractivity contribution < 1.29 is 4.79 Å². The Bertz CT molecular complexity index is 792. The van der Waals surface area contributed by atoms with Crippen molar-refractivity contribution in [2.45, 2.75) is 0 Å². The number of hydrogen-bond donors (Lipinski definition) is 1. The van der Waals surface area contributed by atoms with Crippen LogP contribution in [0.3, 0.4) is 0 Å². The van der Waals surface area contributed by atoms with E-state index in [1.165, 1.54) is 4.68 Å². The van der Waals surface area contributed by atoms with Gasteiger partial charge in [0.15, 0.2) is 0 Å². The number of para-hydroxylation sites is 1. The second-order valence-electron chi connectivity index (χ2n) is 4.42. The van der Waals surface area contributed by atoms with Crippen LogP contribution in [-0.4, -0.2) is 25.5 Å². The average Bonchev–Trinajstić information content (AvgIpc) is 3.08. The topological polar surface area (TPSA) is 64.7 Å². The number of carbonyl (C=O) groups excluding carboxylic acids is 1. The molecule has 7 heteroatoms. The molecule has 0 aliphatic carbocycles. The highest BCUT2D eigenvalue weighted by Gasteiger charge is 2.11. The zero-order valence-corrected chi connectivity index (χ0v) is 12.8. The Morgan fingerprint density at radius 1 is 1.24 bits per heavy atom. The summed E-state index contributed by atoms with van der Waals surface area (Å²) >= 11 is 3.47. The highest BCUT2D eigenvalue weighted by molar-refractivity contribution is 9.10. The number of aromatic nitrogens is 4. The van der Waals surface area contributed by atoms with Crippen molar-refractivity contribution in [3.8, 4) is 5.69 Å². The predicted octanol–water partition coefficient (Wildman–Crippen LogP) is 2.62. The van der Waals surface area contributed by atoms with Gasteiger partial charge in [0.2, 0.25) is 0 Å². The van der Waals surface area contributed by atoms with E-state index in [9.17, 15) is 4.79 Å². The summed E-state index contributed by atoms with van der Waals surface area (Å²) in [6, 6.07) is 9.39. The molecule has 0 aliphatic heterocycles. The minimum absolute atomic E-state index is 0.221. The summed E-state index contributed by atoms with van der Waals surface area (Å²) in [5.41, 5.74) is 2.01. The van der Waals surface area contributed by atoms with Crippen molar-refractivity contribution in [2.24, 2.45) is 7.05 Å². The standard InChI is InChI=1S/C14H12BrN5O/c1-19-13(6-7-16-19)14(21)18-10-8-17-20(9-10)12-5-3-2-4-11(12)15/h2-9H,1H3,(H,18,21). The maximum Gasteiger partial charge on any atom is 0.274 e. The number of rotatable bonds is 3. The first-order valence-electron chi connectivity index (χ1n) is 6.24. The maximum absolute atomic E-state index is 12.1. The van der Waals surface area contributed by atoms with Crippen molar-refractivity contribution in [3.05, 3.63) is 59.1 Å². The first-order valence-corrected chi connectivity index (χ1v) is 7.03. The molecule has 106 valence electrons. The molecule has 0 saturated carbocycles. The molecule has 3 aromatic rings. The Hall–Kier alpha value is -2.41. The van der Waals surface area contributed by atoms with Gasteiger partial charge in [-0.05, 0) is 34.1 Å². The van der Waals surface area contributed by atoms with Crippen LogP contribution in [0.15, 0.2) is 53.4 Å². The van der Waals surface area contributed by atoms with Crippen LogP contribution in [0.4, 0.5) is 5.69 Å². The van der Waals surface area contributed by atoms with Gasteiger partial charge in [-0.3, -0.25) is 9.48 Å². The largest absolute Gasteiger partial charge is 0.318 e. The molecule has 1 amide bonds. The first kappa shape index (κ1) is 13.6. The molecule has 2 heterocycles. The fourth-order valence-corrected chi connectivity index (χ4v) is 2.41. The summed E-state index contributed by atoms with van der Waals surface area (Å²) in [4.78, 5) is 12.1. The second kappa shape index (κ2) is 5.53. The Kier molecular flexibility index (Phi) is 3.57. The van der Waals surface area contributed by atoms with E-state index in [2.05, 4.69) is 31.4 Å². The fourth-order valence-electron chi connectivity index (χ4n) is 1.95. The number of amides is 1. The Morgan fingerprint density at radius 3 is 2.76 bits per heavy atom. The van der Waals surface area contributed by atoms with E-state index >= 15 is 0 Å². The highest BCUT2D eigenvalue weighted by atomic mass is 79.9. The SMILES string of the molecule is Cn1nccc1C(=O)Nc1cnn(-c2ccccc2Br)c1. The van der Waals surface area contributed by atoms with E-state index in [1.54, 1.807) is 36.4 Å². The molecule has 6 nitrogen and oxygen atoms in total. The average molecular weight is 346 g/mol. The molecule has 0 atom stereocenters. The summed E-state index contributed by atoms with van der Waals surface area (Å²) < 4.78 is 4.15. The Labute approximate surface area is 129 Å². The van der Waals surface area contributed by atoms with E-state index in [1.807, 2.05) is 24.3 Å². The molecule has 0 saturated heterocycles. The van der Waals surface area contributed by atoms with Crippen LogP contribution in [0, 0.1) is 0 Å². The third-order valence-electron chi connectivity index (χ3n) is 2.99. The lowest BCUT2D eigenvalue weighted by Gasteiger charge is -2.04. The van der Waals surface area contributed by atoms with Crippen LogP contribution in [0.2, 0.25) is 0 Å². The van der Waals surface area contributed by atoms with Gasteiger partial charge in [-0.2, -0.15) is 10.2 Å². The van der Waals surface area contributed by atoms with Crippen molar-refractivity contribution in [1.29, 1.82) is 0 Å². The van der Waals surface area contributed by atoms with E-state index in [4.69, 9.17) is 0 Å². The number of nitrogens with one attached hydrogen (secondary N) is 1. The fraction of sp³-hybridized carbons (Fsp3) is 0.0714. The molecule has 21 heavy (non-hydrogen) atoms. The molecule has 0 spiro atoms. The highest BCUT2D eigenvalue weighted by Crippen LogP contribution is 2.21. The molecule has 2 aromatic heterocycles. The number of carbonyl (C=O) groups is 1. The van der Waals surface area contributed by atoms with E-state index in [0.717, 1.165) is 10.2 Å². The van der Waals surface area contributed by atoms with E-state index < -0.39 is 0 Å². The molecule has 0 bridgehead atoms. The van der Waals surface area contributed by atoms with E-state index in [0.29, 0.717) is 11.4 Å². The van der Waals surface area contributed by atoms with Gasteiger partial charge in [0.05, 0.1) is 23.8 Å². The van der Waals surface area contributed by atoms with Crippen LogP contribution >= 0.6 is 15.9 Å². The molecular formula is C14H12BrN5O. The van der Waals surface area contributed by atoms with Gasteiger partial charge in [-0.25, -0.2) is 4.68 Å². The molecule has 0 aliphatic rings. The minimum Gasteiger partial charge on any atom is -0.318 e. The third-order valence-corrected chi connectivity index (χ3v) is 3.66. The van der Waals surface area contributed by atoms with Gasteiger partial charge in [0.1, 0.15) is 5.69 Å². The quantitative estimate of drug-likeness (QED) is 0.793. The summed E-state index contributed by atoms with van der Waals surface area (Å²) in [5, 5.41) is 11.0. The molecular weight excluding hydrogens is 334 g/mol.